The first kappa shape index (κ1) is 11.3. The predicted octanol–water partition coefficient (Wildman–Crippen LogP) is 1.42. The van der Waals surface area contributed by atoms with Gasteiger partial charge in [-0.05, 0) is 35.3 Å². The maximum Gasteiger partial charge on any atom is 0.160 e. The third-order valence-electron chi connectivity index (χ3n) is 3.48. The molecule has 0 aliphatic carbocycles. The molecule has 3 rings (SSSR count). The fraction of sp³-hybridized carbons (Fsp3) is 0.500. The summed E-state index contributed by atoms with van der Waals surface area (Å²) in [5.74, 6) is 0. The van der Waals surface area contributed by atoms with Gasteiger partial charge in [0, 0.05) is 20.2 Å². The number of nitrogen functional groups attached to an aromatic ring is 1. The number of hydrogen-bond acceptors (Lipinski definition) is 6. The van der Waals surface area contributed by atoms with E-state index in [2.05, 4.69) is 15.2 Å². The number of fused-ring (bicyclic) bond motifs is 1. The Kier molecular flexibility index (Phi) is 2.79. The van der Waals surface area contributed by atoms with Gasteiger partial charge in [-0.3, -0.25) is 0 Å². The van der Waals surface area contributed by atoms with Crippen LogP contribution in [0.25, 0.3) is 11.0 Å². The van der Waals surface area contributed by atoms with E-state index in [0.717, 1.165) is 37.1 Å². The Morgan fingerprint density at radius 2 is 2.22 bits per heavy atom. The van der Waals surface area contributed by atoms with E-state index < -0.39 is 0 Å². The molecule has 1 unspecified atom stereocenters. The van der Waals surface area contributed by atoms with Crippen LogP contribution in [0.4, 0.5) is 11.4 Å². The van der Waals surface area contributed by atoms with Crippen molar-refractivity contribution in [2.24, 2.45) is 0 Å². The molecule has 2 heterocycles. The summed E-state index contributed by atoms with van der Waals surface area (Å²) in [5, 5.41) is 7.80. The van der Waals surface area contributed by atoms with Crippen LogP contribution in [0.15, 0.2) is 16.8 Å². The van der Waals surface area contributed by atoms with E-state index in [1.54, 1.807) is 7.11 Å². The van der Waals surface area contributed by atoms with Crippen LogP contribution >= 0.6 is 0 Å². The van der Waals surface area contributed by atoms with Crippen molar-refractivity contribution in [1.82, 2.24) is 10.3 Å². The van der Waals surface area contributed by atoms with Crippen molar-refractivity contribution in [3.8, 4) is 0 Å². The van der Waals surface area contributed by atoms with Crippen molar-refractivity contribution in [2.45, 2.75) is 18.9 Å². The molecule has 1 aliphatic heterocycles. The maximum atomic E-state index is 5.85. The standard InChI is InChI=1S/C12H16N4O2/c1-17-8-3-2-6-16(7-8)10-5-4-9(13)11-12(10)15-18-14-11/h4-5,8H,2-3,6-7,13H2,1H3. The summed E-state index contributed by atoms with van der Waals surface area (Å²) in [5.41, 5.74) is 8.82. The van der Waals surface area contributed by atoms with E-state index in [1.165, 1.54) is 0 Å². The van der Waals surface area contributed by atoms with Crippen LogP contribution in [0.1, 0.15) is 12.8 Å². The van der Waals surface area contributed by atoms with Gasteiger partial charge in [0.2, 0.25) is 0 Å². The van der Waals surface area contributed by atoms with Crippen LogP contribution in [0.5, 0.6) is 0 Å². The molecule has 1 aromatic heterocycles. The van der Waals surface area contributed by atoms with Gasteiger partial charge >= 0.3 is 0 Å². The molecule has 1 atom stereocenters. The molecule has 18 heavy (non-hydrogen) atoms. The van der Waals surface area contributed by atoms with Gasteiger partial charge in [0.15, 0.2) is 11.0 Å². The zero-order valence-corrected chi connectivity index (χ0v) is 10.3. The largest absolute Gasteiger partial charge is 0.397 e. The second-order valence-corrected chi connectivity index (χ2v) is 4.58. The summed E-state index contributed by atoms with van der Waals surface area (Å²) >= 11 is 0. The molecule has 0 radical (unpaired) electrons. The number of methoxy groups -OCH3 is 1. The molecule has 96 valence electrons. The van der Waals surface area contributed by atoms with Crippen molar-refractivity contribution in [1.29, 1.82) is 0 Å². The Labute approximate surface area is 105 Å². The molecule has 1 saturated heterocycles. The lowest BCUT2D eigenvalue weighted by atomic mass is 10.1. The first-order chi connectivity index (χ1) is 8.79. The Morgan fingerprint density at radius 3 is 3.06 bits per heavy atom. The van der Waals surface area contributed by atoms with Gasteiger partial charge in [0.1, 0.15) is 0 Å². The maximum absolute atomic E-state index is 5.85. The number of nitrogens with two attached hydrogens (primary N) is 1. The minimum atomic E-state index is 0.270. The monoisotopic (exact) mass is 248 g/mol. The lowest BCUT2D eigenvalue weighted by Gasteiger charge is -2.33. The molecule has 2 aromatic rings. The number of ether oxygens (including phenoxy) is 1. The molecular formula is C12H16N4O2. The molecule has 1 aromatic carbocycles. The number of nitrogens with zero attached hydrogens (tertiary/aromatic N) is 3. The van der Waals surface area contributed by atoms with Gasteiger partial charge in [-0.25, -0.2) is 4.63 Å². The van der Waals surface area contributed by atoms with Gasteiger partial charge in [0.05, 0.1) is 17.5 Å². The highest BCUT2D eigenvalue weighted by Crippen LogP contribution is 2.30. The van der Waals surface area contributed by atoms with Crippen molar-refractivity contribution < 1.29 is 9.37 Å². The lowest BCUT2D eigenvalue weighted by molar-refractivity contribution is 0.0894. The molecule has 1 fully saturated rings. The average Bonchev–Trinajstić information content (AvgIpc) is 2.89. The van der Waals surface area contributed by atoms with E-state index in [9.17, 15) is 0 Å². The highest BCUT2D eigenvalue weighted by Gasteiger charge is 2.22. The molecule has 0 saturated carbocycles. The van der Waals surface area contributed by atoms with Crippen LogP contribution in [-0.4, -0.2) is 36.6 Å². The molecule has 1 aliphatic rings. The van der Waals surface area contributed by atoms with Gasteiger partial charge in [-0.2, -0.15) is 0 Å². The van der Waals surface area contributed by atoms with Crippen LogP contribution in [0, 0.1) is 0 Å². The molecule has 0 amide bonds. The van der Waals surface area contributed by atoms with Crippen molar-refractivity contribution in [3.63, 3.8) is 0 Å². The highest BCUT2D eigenvalue weighted by atomic mass is 16.6. The highest BCUT2D eigenvalue weighted by molar-refractivity contribution is 5.95. The van der Waals surface area contributed by atoms with Crippen molar-refractivity contribution in [2.75, 3.05) is 30.8 Å². The summed E-state index contributed by atoms with van der Waals surface area (Å²) in [6.45, 7) is 1.86. The van der Waals surface area contributed by atoms with Crippen LogP contribution in [-0.2, 0) is 4.74 Å². The lowest BCUT2D eigenvalue weighted by Crippen LogP contribution is -2.39. The van der Waals surface area contributed by atoms with E-state index in [1.807, 2.05) is 12.1 Å². The second kappa shape index (κ2) is 4.45. The molecular weight excluding hydrogens is 232 g/mol. The SMILES string of the molecule is COC1CCCN(c2ccc(N)c3nonc23)C1. The smallest absolute Gasteiger partial charge is 0.160 e. The van der Waals surface area contributed by atoms with Crippen LogP contribution in [0.3, 0.4) is 0 Å². The summed E-state index contributed by atoms with van der Waals surface area (Å²) < 4.78 is 10.2. The van der Waals surface area contributed by atoms with Gasteiger partial charge < -0.3 is 15.4 Å². The Morgan fingerprint density at radius 1 is 1.39 bits per heavy atom. The topological polar surface area (TPSA) is 77.4 Å². The minimum absolute atomic E-state index is 0.270. The minimum Gasteiger partial charge on any atom is -0.397 e. The summed E-state index contributed by atoms with van der Waals surface area (Å²) in [7, 11) is 1.75. The van der Waals surface area contributed by atoms with Gasteiger partial charge in [-0.15, -0.1) is 0 Å². The van der Waals surface area contributed by atoms with Gasteiger partial charge in [-0.1, -0.05) is 0 Å². The number of rotatable bonds is 2. The van der Waals surface area contributed by atoms with Crippen LogP contribution < -0.4 is 10.6 Å². The number of benzene rings is 1. The Balaban J connectivity index is 1.98. The zero-order valence-electron chi connectivity index (χ0n) is 10.3. The molecule has 2 N–H and O–H groups in total. The summed E-state index contributed by atoms with van der Waals surface area (Å²) in [6, 6.07) is 3.82. The Hall–Kier alpha value is -1.82. The van der Waals surface area contributed by atoms with Crippen LogP contribution in [0.2, 0.25) is 0 Å². The Bertz CT molecular complexity index is 554. The van der Waals surface area contributed by atoms with E-state index >= 15 is 0 Å². The number of hydrogen-bond donors (Lipinski definition) is 1. The summed E-state index contributed by atoms with van der Waals surface area (Å²) in [4.78, 5) is 2.25. The first-order valence-electron chi connectivity index (χ1n) is 6.08. The quantitative estimate of drug-likeness (QED) is 0.810. The molecule has 6 heteroatoms. The fourth-order valence-electron chi connectivity index (χ4n) is 2.48. The predicted molar refractivity (Wildman–Crippen MR) is 68.5 cm³/mol. The third kappa shape index (κ3) is 1.78. The normalized spacial score (nSPS) is 20.5. The molecule has 6 nitrogen and oxygen atoms in total. The molecule has 0 spiro atoms. The number of aromatic nitrogens is 2. The second-order valence-electron chi connectivity index (χ2n) is 4.58. The first-order valence-corrected chi connectivity index (χ1v) is 6.08. The number of piperidine rings is 1. The number of anilines is 2. The van der Waals surface area contributed by atoms with Gasteiger partial charge in [0.25, 0.3) is 0 Å². The van der Waals surface area contributed by atoms with Crippen molar-refractivity contribution >= 4 is 22.4 Å². The van der Waals surface area contributed by atoms with E-state index in [4.69, 9.17) is 15.1 Å². The van der Waals surface area contributed by atoms with Crippen molar-refractivity contribution in [3.05, 3.63) is 12.1 Å². The zero-order chi connectivity index (χ0) is 12.5. The fourth-order valence-corrected chi connectivity index (χ4v) is 2.48. The third-order valence-corrected chi connectivity index (χ3v) is 3.48. The van der Waals surface area contributed by atoms with E-state index in [-0.39, 0.29) is 6.10 Å². The summed E-state index contributed by atoms with van der Waals surface area (Å²) in [6.07, 6.45) is 2.48. The average molecular weight is 248 g/mol. The molecule has 0 bridgehead atoms. The van der Waals surface area contributed by atoms with E-state index in [0.29, 0.717) is 11.2 Å².